The smallest absolute Gasteiger partial charge is 0.300 e. The lowest BCUT2D eigenvalue weighted by Crippen LogP contribution is -2.47. The molecule has 1 atom stereocenters. The summed E-state index contributed by atoms with van der Waals surface area (Å²) in [6.45, 7) is 2.22. The Morgan fingerprint density at radius 1 is 1.22 bits per heavy atom. The average molecular weight is 450 g/mol. The van der Waals surface area contributed by atoms with Crippen molar-refractivity contribution >= 4 is 45.4 Å². The molecule has 3 heterocycles. The summed E-state index contributed by atoms with van der Waals surface area (Å²) in [6, 6.07) is 14.4. The number of aliphatic carboxylic acids is 1. The molecule has 0 bridgehead atoms. The number of thiophene rings is 1. The van der Waals surface area contributed by atoms with Crippen molar-refractivity contribution in [2.24, 2.45) is 4.99 Å². The minimum Gasteiger partial charge on any atom is -0.481 e. The van der Waals surface area contributed by atoms with Gasteiger partial charge in [-0.05, 0) is 52.8 Å². The molecule has 7 nitrogen and oxygen atoms in total. The van der Waals surface area contributed by atoms with E-state index in [9.17, 15) is 9.59 Å². The van der Waals surface area contributed by atoms with Crippen LogP contribution in [0.3, 0.4) is 0 Å². The fourth-order valence-corrected chi connectivity index (χ4v) is 4.92. The monoisotopic (exact) mass is 449 g/mol. The van der Waals surface area contributed by atoms with Crippen LogP contribution in [0.15, 0.2) is 47.5 Å². The first-order valence-electron chi connectivity index (χ1n) is 10.3. The Hall–Kier alpha value is -3.52. The average Bonchev–Trinajstić information content (AvgIpc) is 3.41. The van der Waals surface area contributed by atoms with Gasteiger partial charge in [0.25, 0.3) is 11.9 Å². The van der Waals surface area contributed by atoms with Crippen LogP contribution in [0.4, 0.5) is 0 Å². The van der Waals surface area contributed by atoms with Crippen LogP contribution in [-0.4, -0.2) is 41.7 Å². The molecule has 2 aliphatic heterocycles. The number of hydrogen-bond acceptors (Lipinski definition) is 5. The molecule has 0 spiro atoms. The first kappa shape index (κ1) is 21.7. The Bertz CT molecular complexity index is 1180. The van der Waals surface area contributed by atoms with Crippen LogP contribution in [0.1, 0.15) is 41.3 Å². The van der Waals surface area contributed by atoms with E-state index in [0.29, 0.717) is 31.5 Å². The summed E-state index contributed by atoms with van der Waals surface area (Å²) < 4.78 is 1.23. The number of benzene rings is 2. The molecule has 164 valence electrons. The van der Waals surface area contributed by atoms with Crippen molar-refractivity contribution in [3.63, 3.8) is 0 Å². The highest BCUT2D eigenvalue weighted by Crippen LogP contribution is 2.38. The number of hydrogen-bond donors (Lipinski definition) is 3. The van der Waals surface area contributed by atoms with Crippen molar-refractivity contribution in [1.29, 1.82) is 0 Å². The van der Waals surface area contributed by atoms with Gasteiger partial charge in [-0.15, -0.1) is 11.3 Å². The Morgan fingerprint density at radius 3 is 2.72 bits per heavy atom. The first-order chi connectivity index (χ1) is 15.4. The number of carbonyl (C=O) groups is 3. The Labute approximate surface area is 189 Å². The van der Waals surface area contributed by atoms with Gasteiger partial charge in [-0.2, -0.15) is 0 Å². The molecule has 1 fully saturated rings. The van der Waals surface area contributed by atoms with Gasteiger partial charge in [-0.3, -0.25) is 19.4 Å². The van der Waals surface area contributed by atoms with Gasteiger partial charge in [0, 0.05) is 47.3 Å². The van der Waals surface area contributed by atoms with E-state index < -0.39 is 5.97 Å². The largest absolute Gasteiger partial charge is 0.481 e. The Morgan fingerprint density at radius 2 is 2.00 bits per heavy atom. The Balaban J connectivity index is 0.000000567. The molecule has 0 aliphatic carbocycles. The van der Waals surface area contributed by atoms with E-state index in [-0.39, 0.29) is 17.9 Å². The SMILES string of the molecule is CC(=O)O.O=C1CCC(NC(=O)c2cc3c(c(-c4cc5ccccc5s4)c2)CN=C3)CN1. The molecule has 8 heteroatoms. The van der Waals surface area contributed by atoms with Crippen molar-refractivity contribution in [2.75, 3.05) is 6.54 Å². The van der Waals surface area contributed by atoms with Crippen LogP contribution in [-0.2, 0) is 16.1 Å². The highest BCUT2D eigenvalue weighted by Gasteiger charge is 2.23. The molecule has 1 saturated heterocycles. The number of piperidine rings is 1. The molecular formula is C24H23N3O4S. The van der Waals surface area contributed by atoms with E-state index in [1.54, 1.807) is 11.3 Å². The fraction of sp³-hybridized carbons (Fsp3) is 0.250. The third kappa shape index (κ3) is 4.86. The minimum absolute atomic E-state index is 0.0279. The number of fused-ring (bicyclic) bond motifs is 2. The molecule has 3 N–H and O–H groups in total. The maximum Gasteiger partial charge on any atom is 0.300 e. The quantitative estimate of drug-likeness (QED) is 0.568. The number of aliphatic imine (C=N–C) groups is 1. The maximum atomic E-state index is 12.9. The summed E-state index contributed by atoms with van der Waals surface area (Å²) in [7, 11) is 0. The van der Waals surface area contributed by atoms with Gasteiger partial charge in [0.05, 0.1) is 6.54 Å². The number of amides is 2. The maximum absolute atomic E-state index is 12.9. The summed E-state index contributed by atoms with van der Waals surface area (Å²) in [5.74, 6) is -0.891. The molecule has 2 aromatic carbocycles. The van der Waals surface area contributed by atoms with Gasteiger partial charge in [0.2, 0.25) is 5.91 Å². The molecular weight excluding hydrogens is 426 g/mol. The number of carboxylic acids is 1. The van der Waals surface area contributed by atoms with Gasteiger partial charge >= 0.3 is 0 Å². The zero-order valence-electron chi connectivity index (χ0n) is 17.6. The second-order valence-electron chi connectivity index (χ2n) is 7.74. The third-order valence-corrected chi connectivity index (χ3v) is 6.47. The third-order valence-electron chi connectivity index (χ3n) is 5.32. The predicted molar refractivity (Wildman–Crippen MR) is 125 cm³/mol. The van der Waals surface area contributed by atoms with Gasteiger partial charge in [0.1, 0.15) is 0 Å². The molecule has 2 aliphatic rings. The zero-order chi connectivity index (χ0) is 22.7. The first-order valence-corrected chi connectivity index (χ1v) is 11.1. The molecule has 0 radical (unpaired) electrons. The van der Waals surface area contributed by atoms with Gasteiger partial charge in [0.15, 0.2) is 0 Å². The lowest BCUT2D eigenvalue weighted by atomic mass is 9.97. The van der Waals surface area contributed by atoms with E-state index >= 15 is 0 Å². The highest BCUT2D eigenvalue weighted by molar-refractivity contribution is 7.22. The summed E-state index contributed by atoms with van der Waals surface area (Å²) in [5, 5.41) is 14.5. The summed E-state index contributed by atoms with van der Waals surface area (Å²) >= 11 is 1.74. The molecule has 1 unspecified atom stereocenters. The number of carbonyl (C=O) groups excluding carboxylic acids is 2. The predicted octanol–water partition coefficient (Wildman–Crippen LogP) is 3.60. The molecule has 3 aromatic rings. The van der Waals surface area contributed by atoms with Crippen LogP contribution in [0.2, 0.25) is 0 Å². The lowest BCUT2D eigenvalue weighted by molar-refractivity contribution is -0.134. The van der Waals surface area contributed by atoms with Crippen LogP contribution in [0, 0.1) is 0 Å². The standard InChI is InChI=1S/C22H19N3O2S.C2H4O2/c26-21-6-5-16(11-24-21)25-22(27)14-7-15-10-23-12-18(15)17(8-14)20-9-13-3-1-2-4-19(13)28-20;1-2(3)4/h1-4,7-10,16H,5-6,11-12H2,(H,24,26)(H,25,27);1H3,(H,3,4). The van der Waals surface area contributed by atoms with Gasteiger partial charge in [-0.25, -0.2) is 0 Å². The lowest BCUT2D eigenvalue weighted by Gasteiger charge is -2.23. The second kappa shape index (κ2) is 9.32. The fourth-order valence-electron chi connectivity index (χ4n) is 3.81. The van der Waals surface area contributed by atoms with Crippen LogP contribution in [0.25, 0.3) is 20.5 Å². The summed E-state index contributed by atoms with van der Waals surface area (Å²) in [4.78, 5) is 38.8. The number of rotatable bonds is 3. The summed E-state index contributed by atoms with van der Waals surface area (Å²) in [5.41, 5.74) is 3.90. The summed E-state index contributed by atoms with van der Waals surface area (Å²) in [6.07, 6.45) is 2.98. The van der Waals surface area contributed by atoms with Crippen LogP contribution < -0.4 is 10.6 Å². The highest BCUT2D eigenvalue weighted by atomic mass is 32.1. The van der Waals surface area contributed by atoms with E-state index in [1.807, 2.05) is 30.5 Å². The molecule has 5 rings (SSSR count). The van der Waals surface area contributed by atoms with Crippen molar-refractivity contribution in [3.8, 4) is 10.4 Å². The topological polar surface area (TPSA) is 108 Å². The van der Waals surface area contributed by atoms with Crippen molar-refractivity contribution in [3.05, 3.63) is 59.2 Å². The van der Waals surface area contributed by atoms with Crippen LogP contribution >= 0.6 is 11.3 Å². The number of nitrogens with zero attached hydrogens (tertiary/aromatic N) is 1. The van der Waals surface area contributed by atoms with E-state index in [4.69, 9.17) is 9.90 Å². The van der Waals surface area contributed by atoms with E-state index in [0.717, 1.165) is 22.9 Å². The van der Waals surface area contributed by atoms with E-state index in [1.165, 1.54) is 15.6 Å². The second-order valence-corrected chi connectivity index (χ2v) is 8.83. The van der Waals surface area contributed by atoms with Crippen LogP contribution in [0.5, 0.6) is 0 Å². The molecule has 1 aromatic heterocycles. The van der Waals surface area contributed by atoms with Crippen molar-refractivity contribution < 1.29 is 19.5 Å². The molecule has 32 heavy (non-hydrogen) atoms. The normalized spacial score (nSPS) is 16.7. The number of carboxylic acid groups (broad SMARTS) is 1. The van der Waals surface area contributed by atoms with Gasteiger partial charge < -0.3 is 15.7 Å². The molecule has 2 amide bonds. The van der Waals surface area contributed by atoms with Crippen molar-refractivity contribution in [2.45, 2.75) is 32.4 Å². The van der Waals surface area contributed by atoms with E-state index in [2.05, 4.69) is 33.8 Å². The number of nitrogens with one attached hydrogen (secondary N) is 2. The van der Waals surface area contributed by atoms with Gasteiger partial charge in [-0.1, -0.05) is 18.2 Å². The molecule has 0 saturated carbocycles. The zero-order valence-corrected chi connectivity index (χ0v) is 18.4. The Kier molecular flexibility index (Phi) is 6.32. The minimum atomic E-state index is -0.833. The van der Waals surface area contributed by atoms with Crippen molar-refractivity contribution in [1.82, 2.24) is 10.6 Å².